The van der Waals surface area contributed by atoms with Gasteiger partial charge in [0.25, 0.3) is 11.8 Å². The molecule has 24 heavy (non-hydrogen) atoms. The minimum Gasteiger partial charge on any atom is -0.497 e. The third kappa shape index (κ3) is 6.20. The molecule has 1 fully saturated rings. The van der Waals surface area contributed by atoms with Crippen molar-refractivity contribution < 1.29 is 19.2 Å². The molecule has 1 atom stereocenters. The zero-order valence-electron chi connectivity index (χ0n) is 14.6. The first kappa shape index (κ1) is 18.3. The fraction of sp³-hybridized carbons (Fsp3) is 0.556. The van der Waals surface area contributed by atoms with Gasteiger partial charge in [-0.25, -0.2) is 0 Å². The van der Waals surface area contributed by atoms with Crippen LogP contribution >= 0.6 is 0 Å². The molecule has 1 aromatic rings. The van der Waals surface area contributed by atoms with Crippen LogP contribution in [0.5, 0.6) is 5.75 Å². The van der Waals surface area contributed by atoms with Crippen molar-refractivity contribution in [1.82, 2.24) is 5.32 Å². The zero-order chi connectivity index (χ0) is 17.4. The van der Waals surface area contributed by atoms with Crippen LogP contribution in [0.3, 0.4) is 0 Å². The van der Waals surface area contributed by atoms with E-state index >= 15 is 0 Å². The van der Waals surface area contributed by atoms with Crippen LogP contribution in [0, 0.1) is 0 Å². The summed E-state index contributed by atoms with van der Waals surface area (Å²) in [4.78, 5) is 25.0. The standard InChI is InChI=1S/C18H27N3O3/c1-21(12-17(22)19-14-6-4-3-5-7-14)13-18(23)20-15-8-10-16(24-2)11-9-15/h8-11,14H,3-7,12-13H2,1-2H3,(H,19,22)(H,20,23)/p+1. The average molecular weight is 334 g/mol. The van der Waals surface area contributed by atoms with Gasteiger partial charge < -0.3 is 20.3 Å². The second-order valence-corrected chi connectivity index (χ2v) is 6.49. The highest BCUT2D eigenvalue weighted by molar-refractivity contribution is 5.91. The Hall–Kier alpha value is -2.08. The molecular formula is C18H28N3O3+. The van der Waals surface area contributed by atoms with Gasteiger partial charge in [-0.1, -0.05) is 19.3 Å². The Bertz CT molecular complexity index is 539. The number of likely N-dealkylation sites (N-methyl/N-ethyl adjacent to an activating group) is 1. The number of quaternary nitrogens is 1. The molecule has 1 saturated carbocycles. The Morgan fingerprint density at radius 3 is 2.33 bits per heavy atom. The maximum atomic E-state index is 12.1. The van der Waals surface area contributed by atoms with Crippen LogP contribution in [-0.2, 0) is 9.59 Å². The lowest BCUT2D eigenvalue weighted by atomic mass is 9.95. The number of hydrogen-bond donors (Lipinski definition) is 3. The average Bonchev–Trinajstić information content (AvgIpc) is 2.56. The topological polar surface area (TPSA) is 71.9 Å². The molecule has 0 spiro atoms. The molecule has 1 unspecified atom stereocenters. The number of rotatable bonds is 7. The highest BCUT2D eigenvalue weighted by Gasteiger charge is 2.19. The summed E-state index contributed by atoms with van der Waals surface area (Å²) < 4.78 is 5.08. The van der Waals surface area contributed by atoms with Crippen molar-refractivity contribution >= 4 is 17.5 Å². The molecule has 132 valence electrons. The van der Waals surface area contributed by atoms with Crippen LogP contribution in [0.4, 0.5) is 5.69 Å². The highest BCUT2D eigenvalue weighted by Crippen LogP contribution is 2.17. The van der Waals surface area contributed by atoms with Gasteiger partial charge in [0.2, 0.25) is 0 Å². The van der Waals surface area contributed by atoms with Gasteiger partial charge >= 0.3 is 0 Å². The first-order chi connectivity index (χ1) is 11.6. The fourth-order valence-corrected chi connectivity index (χ4v) is 3.02. The van der Waals surface area contributed by atoms with Gasteiger partial charge in [-0.3, -0.25) is 9.59 Å². The van der Waals surface area contributed by atoms with Gasteiger partial charge in [-0.05, 0) is 37.1 Å². The molecule has 1 aliphatic rings. The summed E-state index contributed by atoms with van der Waals surface area (Å²) in [6.07, 6.45) is 5.80. The Morgan fingerprint density at radius 1 is 1.08 bits per heavy atom. The molecule has 0 bridgehead atoms. The van der Waals surface area contributed by atoms with Gasteiger partial charge in [0, 0.05) is 11.7 Å². The van der Waals surface area contributed by atoms with E-state index in [2.05, 4.69) is 10.6 Å². The molecule has 3 N–H and O–H groups in total. The number of benzene rings is 1. The van der Waals surface area contributed by atoms with Crippen molar-refractivity contribution in [3.05, 3.63) is 24.3 Å². The first-order valence-electron chi connectivity index (χ1n) is 8.61. The SMILES string of the molecule is COc1ccc(NC(=O)C[NH+](C)CC(=O)NC2CCCCC2)cc1. The molecule has 2 rings (SSSR count). The van der Waals surface area contributed by atoms with Crippen molar-refractivity contribution in [3.63, 3.8) is 0 Å². The second-order valence-electron chi connectivity index (χ2n) is 6.49. The third-order valence-electron chi connectivity index (χ3n) is 4.27. The fourth-order valence-electron chi connectivity index (χ4n) is 3.02. The van der Waals surface area contributed by atoms with Crippen LogP contribution in [0.2, 0.25) is 0 Å². The maximum absolute atomic E-state index is 12.1. The van der Waals surface area contributed by atoms with E-state index in [1.54, 1.807) is 31.4 Å². The number of anilines is 1. The number of hydrogen-bond acceptors (Lipinski definition) is 3. The summed E-state index contributed by atoms with van der Waals surface area (Å²) in [6.45, 7) is 0.566. The lowest BCUT2D eigenvalue weighted by Gasteiger charge is -2.23. The molecule has 0 radical (unpaired) electrons. The predicted molar refractivity (Wildman–Crippen MR) is 93.3 cm³/mol. The van der Waals surface area contributed by atoms with Crippen LogP contribution in [0.1, 0.15) is 32.1 Å². The molecule has 0 aromatic heterocycles. The van der Waals surface area contributed by atoms with Crippen molar-refractivity contribution in [3.8, 4) is 5.75 Å². The summed E-state index contributed by atoms with van der Waals surface area (Å²) in [5.74, 6) is 0.662. The summed E-state index contributed by atoms with van der Waals surface area (Å²) in [7, 11) is 3.46. The van der Waals surface area contributed by atoms with E-state index in [0.717, 1.165) is 29.2 Å². The van der Waals surface area contributed by atoms with Gasteiger partial charge in [-0.15, -0.1) is 0 Å². The van der Waals surface area contributed by atoms with Crippen molar-refractivity contribution in [1.29, 1.82) is 0 Å². The predicted octanol–water partition coefficient (Wildman–Crippen LogP) is 0.597. The lowest BCUT2D eigenvalue weighted by molar-refractivity contribution is -0.862. The van der Waals surface area contributed by atoms with Crippen LogP contribution in [0.15, 0.2) is 24.3 Å². The summed E-state index contributed by atoms with van der Waals surface area (Å²) in [6, 6.07) is 7.49. The third-order valence-corrected chi connectivity index (χ3v) is 4.27. The number of methoxy groups -OCH3 is 1. The van der Waals surface area contributed by atoms with Crippen LogP contribution in [0.25, 0.3) is 0 Å². The zero-order valence-corrected chi connectivity index (χ0v) is 14.6. The Balaban J connectivity index is 1.70. The van der Waals surface area contributed by atoms with E-state index < -0.39 is 0 Å². The van der Waals surface area contributed by atoms with E-state index in [-0.39, 0.29) is 18.4 Å². The Morgan fingerprint density at radius 2 is 1.71 bits per heavy atom. The Labute approximate surface area is 143 Å². The van der Waals surface area contributed by atoms with Gasteiger partial charge in [0.05, 0.1) is 14.2 Å². The van der Waals surface area contributed by atoms with Gasteiger partial charge in [0.15, 0.2) is 13.1 Å². The van der Waals surface area contributed by atoms with Crippen molar-refractivity contribution in [2.75, 3.05) is 32.6 Å². The number of nitrogens with one attached hydrogen (secondary N) is 3. The van der Waals surface area contributed by atoms with E-state index in [4.69, 9.17) is 4.74 Å². The number of carbonyl (C=O) groups excluding carboxylic acids is 2. The molecule has 0 heterocycles. The van der Waals surface area contributed by atoms with Gasteiger partial charge in [0.1, 0.15) is 5.75 Å². The maximum Gasteiger partial charge on any atom is 0.279 e. The van der Waals surface area contributed by atoms with Crippen LogP contribution in [-0.4, -0.2) is 45.1 Å². The monoisotopic (exact) mass is 334 g/mol. The molecule has 2 amide bonds. The van der Waals surface area contributed by atoms with E-state index in [1.165, 1.54) is 19.3 Å². The first-order valence-corrected chi connectivity index (χ1v) is 8.61. The number of amides is 2. The molecule has 6 heteroatoms. The molecule has 6 nitrogen and oxygen atoms in total. The number of ether oxygens (including phenoxy) is 1. The number of carbonyl (C=O) groups is 2. The molecule has 1 aromatic carbocycles. The molecular weight excluding hydrogens is 306 g/mol. The summed E-state index contributed by atoms with van der Waals surface area (Å²) >= 11 is 0. The van der Waals surface area contributed by atoms with Crippen LogP contribution < -0.4 is 20.3 Å². The summed E-state index contributed by atoms with van der Waals surface area (Å²) in [5.41, 5.74) is 0.722. The Kier molecular flexibility index (Phi) is 7.06. The van der Waals surface area contributed by atoms with E-state index in [1.807, 2.05) is 7.05 Å². The van der Waals surface area contributed by atoms with E-state index in [9.17, 15) is 9.59 Å². The minimum absolute atomic E-state index is 0.0247. The molecule has 0 saturated heterocycles. The van der Waals surface area contributed by atoms with E-state index in [0.29, 0.717) is 12.6 Å². The van der Waals surface area contributed by atoms with Gasteiger partial charge in [-0.2, -0.15) is 0 Å². The van der Waals surface area contributed by atoms with Crippen molar-refractivity contribution in [2.45, 2.75) is 38.1 Å². The summed E-state index contributed by atoms with van der Waals surface area (Å²) in [5, 5.41) is 5.91. The molecule has 0 aliphatic heterocycles. The largest absolute Gasteiger partial charge is 0.497 e. The minimum atomic E-state index is -0.108. The smallest absolute Gasteiger partial charge is 0.279 e. The lowest BCUT2D eigenvalue weighted by Crippen LogP contribution is -3.11. The normalized spacial score (nSPS) is 16.2. The van der Waals surface area contributed by atoms with Crippen molar-refractivity contribution in [2.24, 2.45) is 0 Å². The second kappa shape index (κ2) is 9.27. The quantitative estimate of drug-likeness (QED) is 0.684. The highest BCUT2D eigenvalue weighted by atomic mass is 16.5. The molecule has 1 aliphatic carbocycles.